The number of hydrogen-bond acceptors (Lipinski definition) is 2. The highest BCUT2D eigenvalue weighted by molar-refractivity contribution is 5.94. The first-order valence-electron chi connectivity index (χ1n) is 5.67. The smallest absolute Gasteiger partial charge is 0.269 e. The zero-order valence-corrected chi connectivity index (χ0v) is 9.60. The fraction of sp³-hybridized carbons (Fsp3) is 0.231. The van der Waals surface area contributed by atoms with E-state index in [1.807, 2.05) is 30.3 Å². The van der Waals surface area contributed by atoms with Gasteiger partial charge in [0.05, 0.1) is 12.2 Å². The number of rotatable bonds is 1. The highest BCUT2D eigenvalue weighted by Gasteiger charge is 2.19. The van der Waals surface area contributed by atoms with E-state index < -0.39 is 0 Å². The van der Waals surface area contributed by atoms with Crippen LogP contribution in [-0.4, -0.2) is 22.2 Å². The average molecular weight is 227 g/mol. The van der Waals surface area contributed by atoms with Crippen molar-refractivity contribution in [3.05, 3.63) is 41.6 Å². The summed E-state index contributed by atoms with van der Waals surface area (Å²) in [6.07, 6.45) is 0. The van der Waals surface area contributed by atoms with Gasteiger partial charge in [-0.3, -0.25) is 9.48 Å². The van der Waals surface area contributed by atoms with Gasteiger partial charge in [0.2, 0.25) is 0 Å². The van der Waals surface area contributed by atoms with E-state index in [1.54, 1.807) is 4.68 Å². The van der Waals surface area contributed by atoms with E-state index in [-0.39, 0.29) is 5.91 Å². The van der Waals surface area contributed by atoms with Crippen LogP contribution in [0.2, 0.25) is 0 Å². The lowest BCUT2D eigenvalue weighted by Crippen LogP contribution is -2.35. The molecule has 4 heteroatoms. The zero-order valence-electron chi connectivity index (χ0n) is 9.60. The van der Waals surface area contributed by atoms with Crippen molar-refractivity contribution >= 4 is 5.91 Å². The van der Waals surface area contributed by atoms with Crippen LogP contribution in [0, 0.1) is 6.92 Å². The lowest BCUT2D eigenvalue weighted by atomic mass is 10.1. The van der Waals surface area contributed by atoms with Crippen molar-refractivity contribution in [3.63, 3.8) is 0 Å². The Morgan fingerprint density at radius 3 is 2.76 bits per heavy atom. The van der Waals surface area contributed by atoms with Crippen LogP contribution in [0.4, 0.5) is 0 Å². The molecule has 1 aliphatic rings. The van der Waals surface area contributed by atoms with Gasteiger partial charge in [0.1, 0.15) is 5.69 Å². The Balaban J connectivity index is 2.05. The molecule has 1 amide bonds. The maximum Gasteiger partial charge on any atom is 0.269 e. The Bertz CT molecular complexity index is 569. The first-order chi connectivity index (χ1) is 8.24. The molecule has 2 aromatic rings. The molecule has 2 heterocycles. The minimum Gasteiger partial charge on any atom is -0.349 e. The third kappa shape index (κ3) is 1.71. The summed E-state index contributed by atoms with van der Waals surface area (Å²) in [5, 5.41) is 7.27. The van der Waals surface area contributed by atoms with Crippen molar-refractivity contribution in [2.45, 2.75) is 13.5 Å². The minimum atomic E-state index is -0.0397. The van der Waals surface area contributed by atoms with Crippen molar-refractivity contribution in [2.75, 3.05) is 6.54 Å². The van der Waals surface area contributed by atoms with Gasteiger partial charge in [-0.1, -0.05) is 29.8 Å². The predicted molar refractivity (Wildman–Crippen MR) is 64.7 cm³/mol. The van der Waals surface area contributed by atoms with E-state index in [0.717, 1.165) is 17.8 Å². The molecule has 1 N–H and O–H groups in total. The summed E-state index contributed by atoms with van der Waals surface area (Å²) < 4.78 is 1.77. The van der Waals surface area contributed by atoms with Crippen LogP contribution in [0.15, 0.2) is 30.3 Å². The molecule has 1 aromatic carbocycles. The molecule has 1 aromatic heterocycles. The Morgan fingerprint density at radius 2 is 2.06 bits per heavy atom. The molecule has 4 nitrogen and oxygen atoms in total. The van der Waals surface area contributed by atoms with E-state index >= 15 is 0 Å². The number of benzene rings is 1. The average Bonchev–Trinajstić information content (AvgIpc) is 2.75. The predicted octanol–water partition coefficient (Wildman–Crippen LogP) is 1.60. The van der Waals surface area contributed by atoms with Gasteiger partial charge in [0, 0.05) is 12.1 Å². The Hall–Kier alpha value is -2.10. The Labute approximate surface area is 99.3 Å². The second kappa shape index (κ2) is 3.73. The molecule has 0 saturated carbocycles. The third-order valence-corrected chi connectivity index (χ3v) is 2.97. The van der Waals surface area contributed by atoms with Gasteiger partial charge in [-0.05, 0) is 13.0 Å². The van der Waals surface area contributed by atoms with E-state index in [4.69, 9.17) is 0 Å². The molecule has 0 radical (unpaired) electrons. The fourth-order valence-electron chi connectivity index (χ4n) is 2.00. The van der Waals surface area contributed by atoms with E-state index in [1.165, 1.54) is 5.56 Å². The fourth-order valence-corrected chi connectivity index (χ4v) is 2.00. The van der Waals surface area contributed by atoms with Crippen LogP contribution in [0.1, 0.15) is 16.1 Å². The van der Waals surface area contributed by atoms with Crippen LogP contribution in [-0.2, 0) is 6.54 Å². The van der Waals surface area contributed by atoms with Gasteiger partial charge in [-0.2, -0.15) is 5.10 Å². The molecular weight excluding hydrogens is 214 g/mol. The number of carbonyl (C=O) groups is 1. The second-order valence-electron chi connectivity index (χ2n) is 4.26. The monoisotopic (exact) mass is 227 g/mol. The van der Waals surface area contributed by atoms with Gasteiger partial charge in [0.15, 0.2) is 0 Å². The number of fused-ring (bicyclic) bond motifs is 1. The zero-order chi connectivity index (χ0) is 11.8. The molecule has 17 heavy (non-hydrogen) atoms. The van der Waals surface area contributed by atoms with Crippen molar-refractivity contribution in [1.29, 1.82) is 0 Å². The molecule has 1 aliphatic heterocycles. The van der Waals surface area contributed by atoms with Crippen LogP contribution in [0.5, 0.6) is 0 Å². The van der Waals surface area contributed by atoms with Crippen molar-refractivity contribution in [1.82, 2.24) is 15.1 Å². The van der Waals surface area contributed by atoms with Crippen molar-refractivity contribution in [2.24, 2.45) is 0 Å². The van der Waals surface area contributed by atoms with Gasteiger partial charge in [0.25, 0.3) is 5.91 Å². The summed E-state index contributed by atoms with van der Waals surface area (Å²) in [5.41, 5.74) is 3.77. The highest BCUT2D eigenvalue weighted by Crippen LogP contribution is 2.20. The summed E-state index contributed by atoms with van der Waals surface area (Å²) in [7, 11) is 0. The van der Waals surface area contributed by atoms with Gasteiger partial charge in [-0.15, -0.1) is 0 Å². The lowest BCUT2D eigenvalue weighted by Gasteiger charge is -2.13. The number of hydrogen-bond donors (Lipinski definition) is 1. The number of nitrogens with zero attached hydrogens (tertiary/aromatic N) is 2. The topological polar surface area (TPSA) is 46.9 Å². The molecule has 0 saturated heterocycles. The molecule has 0 unspecified atom stereocenters. The Morgan fingerprint density at radius 1 is 1.29 bits per heavy atom. The molecule has 0 spiro atoms. The standard InChI is InChI=1S/C13H13N3O/c1-9-2-4-10(5-3-9)11-8-12-13(17)14-6-7-16(12)15-11/h2-5,8H,6-7H2,1H3,(H,14,17). The molecular formula is C13H13N3O. The van der Waals surface area contributed by atoms with Gasteiger partial charge >= 0.3 is 0 Å². The van der Waals surface area contributed by atoms with Gasteiger partial charge in [-0.25, -0.2) is 0 Å². The normalized spacial score (nSPS) is 14.3. The van der Waals surface area contributed by atoms with Crippen molar-refractivity contribution < 1.29 is 4.79 Å². The van der Waals surface area contributed by atoms with Gasteiger partial charge < -0.3 is 5.32 Å². The molecule has 3 rings (SSSR count). The van der Waals surface area contributed by atoms with E-state index in [2.05, 4.69) is 17.3 Å². The molecule has 0 aliphatic carbocycles. The molecule has 0 atom stereocenters. The number of aryl methyl sites for hydroxylation is 1. The summed E-state index contributed by atoms with van der Waals surface area (Å²) >= 11 is 0. The number of amides is 1. The second-order valence-corrected chi connectivity index (χ2v) is 4.26. The number of carbonyl (C=O) groups excluding carboxylic acids is 1. The summed E-state index contributed by atoms with van der Waals surface area (Å²) in [4.78, 5) is 11.6. The summed E-state index contributed by atoms with van der Waals surface area (Å²) in [6.45, 7) is 3.45. The van der Waals surface area contributed by atoms with Crippen molar-refractivity contribution in [3.8, 4) is 11.3 Å². The Kier molecular flexibility index (Phi) is 2.21. The highest BCUT2D eigenvalue weighted by atomic mass is 16.2. The first kappa shape index (κ1) is 10.1. The maximum absolute atomic E-state index is 11.6. The summed E-state index contributed by atoms with van der Waals surface area (Å²) in [5.74, 6) is -0.0397. The molecule has 0 bridgehead atoms. The molecule has 0 fully saturated rings. The third-order valence-electron chi connectivity index (χ3n) is 2.97. The van der Waals surface area contributed by atoms with E-state index in [9.17, 15) is 4.79 Å². The van der Waals surface area contributed by atoms with Crippen LogP contribution < -0.4 is 5.32 Å². The number of aromatic nitrogens is 2. The molecule has 86 valence electrons. The first-order valence-corrected chi connectivity index (χ1v) is 5.67. The largest absolute Gasteiger partial charge is 0.349 e. The maximum atomic E-state index is 11.6. The SMILES string of the molecule is Cc1ccc(-c2cc3n(n2)CCNC3=O)cc1. The minimum absolute atomic E-state index is 0.0397. The van der Waals surface area contributed by atoms with E-state index in [0.29, 0.717) is 12.2 Å². The van der Waals surface area contributed by atoms with Crippen LogP contribution >= 0.6 is 0 Å². The summed E-state index contributed by atoms with van der Waals surface area (Å²) in [6, 6.07) is 10.0. The number of nitrogens with one attached hydrogen (secondary N) is 1. The van der Waals surface area contributed by atoms with Crippen LogP contribution in [0.3, 0.4) is 0 Å². The van der Waals surface area contributed by atoms with Crippen LogP contribution in [0.25, 0.3) is 11.3 Å². The quantitative estimate of drug-likeness (QED) is 0.804. The lowest BCUT2D eigenvalue weighted by molar-refractivity contribution is 0.0924.